The quantitative estimate of drug-likeness (QED) is 0.446. The molecule has 0 saturated carbocycles. The number of ether oxygens (including phenoxy) is 1. The highest BCUT2D eigenvalue weighted by molar-refractivity contribution is 5.70. The second-order valence-corrected chi connectivity index (χ2v) is 11.0. The molecule has 3 fully saturated rings. The number of hydrogen-bond donors (Lipinski definition) is 1. The van der Waals surface area contributed by atoms with Crippen LogP contribution >= 0.6 is 0 Å². The molecule has 3 heterocycles. The van der Waals surface area contributed by atoms with Crippen LogP contribution in [0.4, 0.5) is 31.1 Å². The van der Waals surface area contributed by atoms with E-state index in [1.165, 1.54) is 6.07 Å². The van der Waals surface area contributed by atoms with Gasteiger partial charge in [-0.25, -0.2) is 4.79 Å². The molecule has 3 saturated heterocycles. The molecule has 0 spiro atoms. The van der Waals surface area contributed by atoms with Crippen LogP contribution in [-0.2, 0) is 23.5 Å². The normalized spacial score (nSPS) is 26.6. The lowest BCUT2D eigenvalue weighted by molar-refractivity contribution is -0.143. The van der Waals surface area contributed by atoms with E-state index in [1.807, 2.05) is 13.8 Å². The van der Waals surface area contributed by atoms with Gasteiger partial charge in [-0.3, -0.25) is 0 Å². The third-order valence-electron chi connectivity index (χ3n) is 7.89. The van der Waals surface area contributed by atoms with Crippen molar-refractivity contribution in [3.8, 4) is 11.1 Å². The summed E-state index contributed by atoms with van der Waals surface area (Å²) in [6, 6.07) is 6.33. The van der Waals surface area contributed by atoms with Crippen LogP contribution in [0.15, 0.2) is 36.4 Å². The van der Waals surface area contributed by atoms with E-state index in [9.17, 15) is 31.1 Å². The number of nitrogens with zero attached hydrogens (tertiary/aromatic N) is 1. The van der Waals surface area contributed by atoms with E-state index in [0.29, 0.717) is 17.9 Å². The summed E-state index contributed by atoms with van der Waals surface area (Å²) in [5.74, 6) is 0.429. The highest BCUT2D eigenvalue weighted by Crippen LogP contribution is 2.49. The van der Waals surface area contributed by atoms with Gasteiger partial charge in [-0.05, 0) is 78.7 Å². The van der Waals surface area contributed by atoms with Gasteiger partial charge in [0.2, 0.25) is 0 Å². The number of carbonyl (C=O) groups is 1. The molecule has 2 bridgehead atoms. The summed E-state index contributed by atoms with van der Waals surface area (Å²) < 4.78 is 85.9. The zero-order valence-corrected chi connectivity index (χ0v) is 20.5. The summed E-state index contributed by atoms with van der Waals surface area (Å²) in [4.78, 5) is 15.1. The average Bonchev–Trinajstić information content (AvgIpc) is 3.07. The van der Waals surface area contributed by atoms with Gasteiger partial charge in [-0.1, -0.05) is 32.0 Å². The molecule has 0 aromatic heterocycles. The summed E-state index contributed by atoms with van der Waals surface area (Å²) in [6.07, 6.45) is -8.41. The number of rotatable bonds is 3. The Bertz CT molecular complexity index is 1170. The molecule has 2 aromatic rings. The van der Waals surface area contributed by atoms with Crippen LogP contribution in [0.2, 0.25) is 0 Å². The first-order chi connectivity index (χ1) is 17.2. The van der Waals surface area contributed by atoms with Crippen molar-refractivity contribution in [3.05, 3.63) is 58.7 Å². The fourth-order valence-corrected chi connectivity index (χ4v) is 5.96. The van der Waals surface area contributed by atoms with Crippen LogP contribution in [0, 0.1) is 11.3 Å². The summed E-state index contributed by atoms with van der Waals surface area (Å²) in [5.41, 5.74) is -1.71. The van der Waals surface area contributed by atoms with Crippen LogP contribution in [-0.4, -0.2) is 36.7 Å². The van der Waals surface area contributed by atoms with Crippen LogP contribution in [0.1, 0.15) is 55.0 Å². The number of fused-ring (bicyclic) bond motifs is 4. The van der Waals surface area contributed by atoms with Crippen molar-refractivity contribution >= 4 is 6.09 Å². The lowest BCUT2D eigenvalue weighted by Gasteiger charge is -2.44. The minimum atomic E-state index is -4.92. The standard InChI is InChI=1S/C27H28F6N2O2/c1-25(2)13-18-9-16(17-10-19(26(28,29)30)12-20(11-17)27(31,32)33)3-4-21(18)23(25)37-24(36)34-22-14-35-7-5-15(22)6-8-35/h3-4,9-12,15,22-23H,5-8,13-14H2,1-2H3,(H,34,36)/t22-,23?/m1/s1. The molecule has 1 aliphatic carbocycles. The molecule has 4 nitrogen and oxygen atoms in total. The molecule has 200 valence electrons. The van der Waals surface area contributed by atoms with Gasteiger partial charge in [0, 0.05) is 18.0 Å². The predicted molar refractivity (Wildman–Crippen MR) is 125 cm³/mol. The van der Waals surface area contributed by atoms with E-state index < -0.39 is 41.1 Å². The summed E-state index contributed by atoms with van der Waals surface area (Å²) in [7, 11) is 0. The van der Waals surface area contributed by atoms with Crippen LogP contribution < -0.4 is 5.32 Å². The molecule has 37 heavy (non-hydrogen) atoms. The Balaban J connectivity index is 1.40. The largest absolute Gasteiger partial charge is 0.441 e. The molecular formula is C27H28F6N2O2. The van der Waals surface area contributed by atoms with E-state index in [0.717, 1.165) is 50.2 Å². The Morgan fingerprint density at radius 1 is 0.946 bits per heavy atom. The number of amides is 1. The second-order valence-electron chi connectivity index (χ2n) is 11.0. The number of halogens is 6. The molecule has 10 heteroatoms. The van der Waals surface area contributed by atoms with Gasteiger partial charge in [0.15, 0.2) is 0 Å². The third kappa shape index (κ3) is 5.17. The predicted octanol–water partition coefficient (Wildman–Crippen LogP) is 6.84. The number of alkyl halides is 6. The van der Waals surface area contributed by atoms with Crippen LogP contribution in [0.25, 0.3) is 11.1 Å². The Labute approximate surface area is 211 Å². The van der Waals surface area contributed by atoms with E-state index in [4.69, 9.17) is 4.74 Å². The first-order valence-corrected chi connectivity index (χ1v) is 12.3. The molecule has 1 amide bonds. The number of hydrogen-bond acceptors (Lipinski definition) is 3. The fraction of sp³-hybridized carbons (Fsp3) is 0.519. The lowest BCUT2D eigenvalue weighted by atomic mass is 9.84. The van der Waals surface area contributed by atoms with E-state index in [-0.39, 0.29) is 23.2 Å². The zero-order chi connectivity index (χ0) is 26.8. The number of piperidine rings is 3. The molecule has 1 unspecified atom stereocenters. The molecular weight excluding hydrogens is 498 g/mol. The van der Waals surface area contributed by atoms with Gasteiger partial charge in [-0.15, -0.1) is 0 Å². The number of carbonyl (C=O) groups excluding carboxylic acids is 1. The van der Waals surface area contributed by atoms with Gasteiger partial charge in [0.05, 0.1) is 11.1 Å². The van der Waals surface area contributed by atoms with Crippen molar-refractivity contribution in [1.29, 1.82) is 0 Å². The van der Waals surface area contributed by atoms with Crippen LogP contribution in [0.3, 0.4) is 0 Å². The number of benzene rings is 2. The fourth-order valence-electron chi connectivity index (χ4n) is 5.96. The smallest absolute Gasteiger partial charge is 0.416 e. The van der Waals surface area contributed by atoms with Gasteiger partial charge in [0.1, 0.15) is 6.10 Å². The van der Waals surface area contributed by atoms with Crippen molar-refractivity contribution in [2.75, 3.05) is 19.6 Å². The lowest BCUT2D eigenvalue weighted by Crippen LogP contribution is -2.57. The highest BCUT2D eigenvalue weighted by atomic mass is 19.4. The minimum Gasteiger partial charge on any atom is -0.441 e. The maximum absolute atomic E-state index is 13.3. The summed E-state index contributed by atoms with van der Waals surface area (Å²) in [5, 5.41) is 3.01. The number of alkyl carbamates (subject to hydrolysis) is 1. The van der Waals surface area contributed by atoms with Gasteiger partial charge in [0.25, 0.3) is 0 Å². The highest BCUT2D eigenvalue weighted by Gasteiger charge is 2.43. The summed E-state index contributed by atoms with van der Waals surface area (Å²) in [6.45, 7) is 6.72. The molecule has 0 radical (unpaired) electrons. The van der Waals surface area contributed by atoms with E-state index in [2.05, 4.69) is 10.2 Å². The molecule has 2 atom stereocenters. The molecule has 3 aliphatic heterocycles. The first-order valence-electron chi connectivity index (χ1n) is 12.3. The first kappa shape index (κ1) is 25.9. The third-order valence-corrected chi connectivity index (χ3v) is 7.89. The van der Waals surface area contributed by atoms with Crippen molar-refractivity contribution in [3.63, 3.8) is 0 Å². The monoisotopic (exact) mass is 526 g/mol. The Kier molecular flexibility index (Phi) is 6.24. The minimum absolute atomic E-state index is 0.0325. The van der Waals surface area contributed by atoms with Crippen LogP contribution in [0.5, 0.6) is 0 Å². The Morgan fingerprint density at radius 2 is 1.57 bits per heavy atom. The number of nitrogens with one attached hydrogen (secondary N) is 1. The summed E-state index contributed by atoms with van der Waals surface area (Å²) >= 11 is 0. The van der Waals surface area contributed by atoms with Gasteiger partial charge in [-0.2, -0.15) is 26.3 Å². The SMILES string of the molecule is CC1(C)Cc2cc(-c3cc(C(F)(F)F)cc(C(F)(F)F)c3)ccc2C1OC(=O)N[C@@H]1CN2CCC1CC2. The van der Waals surface area contributed by atoms with Gasteiger partial charge < -0.3 is 15.0 Å². The van der Waals surface area contributed by atoms with Crippen molar-refractivity contribution in [2.45, 2.75) is 57.6 Å². The van der Waals surface area contributed by atoms with Crippen molar-refractivity contribution < 1.29 is 35.9 Å². The zero-order valence-electron chi connectivity index (χ0n) is 20.5. The van der Waals surface area contributed by atoms with E-state index in [1.54, 1.807) is 12.1 Å². The Hall–Kier alpha value is -2.75. The average molecular weight is 527 g/mol. The molecule has 6 rings (SSSR count). The maximum Gasteiger partial charge on any atom is 0.416 e. The van der Waals surface area contributed by atoms with Crippen molar-refractivity contribution in [1.82, 2.24) is 10.2 Å². The van der Waals surface area contributed by atoms with Crippen molar-refractivity contribution in [2.24, 2.45) is 11.3 Å². The van der Waals surface area contributed by atoms with Gasteiger partial charge >= 0.3 is 18.4 Å². The molecule has 1 N–H and O–H groups in total. The van der Waals surface area contributed by atoms with E-state index >= 15 is 0 Å². The topological polar surface area (TPSA) is 41.6 Å². The maximum atomic E-state index is 13.3. The molecule has 2 aromatic carbocycles. The molecule has 4 aliphatic rings. The second kappa shape index (κ2) is 8.92. The Morgan fingerprint density at radius 3 is 2.11 bits per heavy atom.